The zero-order valence-corrected chi connectivity index (χ0v) is 19.0. The Labute approximate surface area is 175 Å². The van der Waals surface area contributed by atoms with Crippen LogP contribution in [0, 0.1) is 6.92 Å². The molecule has 0 bridgehead atoms. The molecule has 0 radical (unpaired) electrons. The molecule has 1 N–H and O–H groups in total. The summed E-state index contributed by atoms with van der Waals surface area (Å²) in [5, 5.41) is 10.9. The number of hydrogen-bond acceptors (Lipinski definition) is 3. The van der Waals surface area contributed by atoms with Crippen molar-refractivity contribution in [1.82, 2.24) is 0 Å². The molecular weight excluding hydrogens is 360 g/mol. The number of rotatable bonds is 2. The Morgan fingerprint density at radius 1 is 1.00 bits per heavy atom. The number of hydrogen-bond donors (Lipinski definition) is 1. The van der Waals surface area contributed by atoms with Gasteiger partial charge in [-0.15, -0.1) is 0 Å². The van der Waals surface area contributed by atoms with Crippen LogP contribution in [0.25, 0.3) is 0 Å². The normalized spacial score (nSPS) is 14.6. The summed E-state index contributed by atoms with van der Waals surface area (Å²) in [4.78, 5) is 9.56. The topological polar surface area (TPSA) is 49.8 Å². The molecule has 1 saturated heterocycles. The van der Waals surface area contributed by atoms with Gasteiger partial charge in [0.2, 0.25) is 5.76 Å². The lowest BCUT2D eigenvalue weighted by atomic mass is 9.80. The van der Waals surface area contributed by atoms with Crippen LogP contribution in [0.4, 0.5) is 0 Å². The molecule has 29 heavy (non-hydrogen) atoms. The molecule has 2 aromatic carbocycles. The average Bonchev–Trinajstić information content (AvgIpc) is 3.27. The summed E-state index contributed by atoms with van der Waals surface area (Å²) < 4.78 is 4.08. The first-order chi connectivity index (χ1) is 13.2. The van der Waals surface area contributed by atoms with Gasteiger partial charge in [-0.2, -0.15) is 0 Å². The van der Waals surface area contributed by atoms with Gasteiger partial charge in [-0.25, -0.2) is 4.79 Å². The van der Waals surface area contributed by atoms with E-state index < -0.39 is 0 Å². The summed E-state index contributed by atoms with van der Waals surface area (Å²) in [5.74, 6) is 0.616. The fourth-order valence-electron chi connectivity index (χ4n) is 3.25. The van der Waals surface area contributed by atoms with Crippen molar-refractivity contribution in [3.63, 3.8) is 0 Å². The molecular formula is C26H34O3. The summed E-state index contributed by atoms with van der Waals surface area (Å²) >= 11 is 0. The standard InChI is InChI=1S/C23H32O.C3H2O2/c1-15-12-19(21(24)20(13-15)23(6,7)8)16(2)17-10-9-11-18(14-17)22(3,4)5;1-2-3(4)5-2/h9-14,16,24H,1-8H3;1H2. The van der Waals surface area contributed by atoms with Crippen molar-refractivity contribution < 1.29 is 14.6 Å². The van der Waals surface area contributed by atoms with E-state index in [0.29, 0.717) is 5.75 Å². The van der Waals surface area contributed by atoms with Crippen LogP contribution in [0.5, 0.6) is 5.75 Å². The number of aryl methyl sites for hydroxylation is 1. The van der Waals surface area contributed by atoms with E-state index in [-0.39, 0.29) is 28.5 Å². The molecule has 156 valence electrons. The number of carbonyl (C=O) groups excluding carboxylic acids is 1. The average molecular weight is 395 g/mol. The van der Waals surface area contributed by atoms with Gasteiger partial charge in [0, 0.05) is 11.5 Å². The van der Waals surface area contributed by atoms with Crippen molar-refractivity contribution in [3.05, 3.63) is 76.6 Å². The lowest BCUT2D eigenvalue weighted by Crippen LogP contribution is -2.14. The van der Waals surface area contributed by atoms with Crippen LogP contribution in [-0.4, -0.2) is 11.1 Å². The molecule has 0 saturated carbocycles. The van der Waals surface area contributed by atoms with Crippen LogP contribution >= 0.6 is 0 Å². The van der Waals surface area contributed by atoms with Gasteiger partial charge in [-0.05, 0) is 41.0 Å². The van der Waals surface area contributed by atoms with Gasteiger partial charge < -0.3 is 9.84 Å². The van der Waals surface area contributed by atoms with E-state index in [0.717, 1.165) is 11.1 Å². The molecule has 0 amide bonds. The van der Waals surface area contributed by atoms with E-state index >= 15 is 0 Å². The molecule has 0 aliphatic carbocycles. The number of benzene rings is 2. The second kappa shape index (κ2) is 8.06. The third-order valence-electron chi connectivity index (χ3n) is 5.21. The maximum atomic E-state index is 10.9. The van der Waals surface area contributed by atoms with Crippen molar-refractivity contribution in [3.8, 4) is 5.75 Å². The summed E-state index contributed by atoms with van der Waals surface area (Å²) in [7, 11) is 0. The quantitative estimate of drug-likeness (QED) is 0.467. The molecule has 1 heterocycles. The van der Waals surface area contributed by atoms with Gasteiger partial charge in [0.1, 0.15) is 5.75 Å². The highest BCUT2D eigenvalue weighted by Gasteiger charge is 2.26. The molecule has 0 spiro atoms. The zero-order valence-electron chi connectivity index (χ0n) is 19.0. The van der Waals surface area contributed by atoms with Crippen molar-refractivity contribution in [1.29, 1.82) is 0 Å². The third kappa shape index (κ3) is 5.72. The Morgan fingerprint density at radius 2 is 1.55 bits per heavy atom. The van der Waals surface area contributed by atoms with Crippen molar-refractivity contribution in [2.75, 3.05) is 0 Å². The van der Waals surface area contributed by atoms with E-state index in [1.165, 1.54) is 16.7 Å². The van der Waals surface area contributed by atoms with Gasteiger partial charge >= 0.3 is 5.97 Å². The van der Waals surface area contributed by atoms with E-state index in [2.05, 4.69) is 103 Å². The van der Waals surface area contributed by atoms with E-state index in [1.807, 2.05) is 0 Å². The van der Waals surface area contributed by atoms with Crippen LogP contribution in [0.2, 0.25) is 0 Å². The first-order valence-electron chi connectivity index (χ1n) is 10.1. The molecule has 3 rings (SSSR count). The molecule has 3 heteroatoms. The minimum atomic E-state index is -0.273. The molecule has 1 aliphatic heterocycles. The Hall–Kier alpha value is -2.55. The van der Waals surface area contributed by atoms with Crippen molar-refractivity contribution in [2.24, 2.45) is 0 Å². The molecule has 1 unspecified atom stereocenters. The zero-order chi connectivity index (χ0) is 22.1. The summed E-state index contributed by atoms with van der Waals surface area (Å²) in [6, 6.07) is 13.0. The predicted molar refractivity (Wildman–Crippen MR) is 119 cm³/mol. The number of aromatic hydroxyl groups is 1. The van der Waals surface area contributed by atoms with E-state index in [1.54, 1.807) is 0 Å². The van der Waals surface area contributed by atoms with Crippen LogP contribution < -0.4 is 0 Å². The van der Waals surface area contributed by atoms with E-state index in [9.17, 15) is 9.90 Å². The van der Waals surface area contributed by atoms with Gasteiger partial charge in [0.05, 0.1) is 0 Å². The number of ether oxygens (including phenoxy) is 1. The van der Waals surface area contributed by atoms with Crippen molar-refractivity contribution >= 4 is 5.97 Å². The second-order valence-corrected chi connectivity index (χ2v) is 9.91. The number of carbonyl (C=O) groups is 1. The predicted octanol–water partition coefficient (Wildman–Crippen LogP) is 6.50. The highest BCUT2D eigenvalue weighted by molar-refractivity contribution is 5.99. The maximum absolute atomic E-state index is 10.9. The number of cyclic esters (lactones) is 1. The Morgan fingerprint density at radius 3 is 2.00 bits per heavy atom. The fourth-order valence-corrected chi connectivity index (χ4v) is 3.25. The highest BCUT2D eigenvalue weighted by Crippen LogP contribution is 2.40. The minimum absolute atomic E-state index is 0.0716. The monoisotopic (exact) mass is 394 g/mol. The first-order valence-corrected chi connectivity index (χ1v) is 10.1. The molecule has 1 atom stereocenters. The molecule has 3 nitrogen and oxygen atoms in total. The van der Waals surface area contributed by atoms with E-state index in [4.69, 9.17) is 0 Å². The van der Waals surface area contributed by atoms with Crippen molar-refractivity contribution in [2.45, 2.75) is 72.1 Å². The number of epoxide rings is 1. The number of phenols is 1. The Kier molecular flexibility index (Phi) is 6.32. The smallest absolute Gasteiger partial charge is 0.379 e. The molecule has 1 aliphatic rings. The van der Waals surface area contributed by atoms with Crippen LogP contribution in [0.1, 0.15) is 82.2 Å². The lowest BCUT2D eigenvalue weighted by molar-refractivity contribution is -0.117. The van der Waals surface area contributed by atoms with Gasteiger partial charge in [0.15, 0.2) is 0 Å². The lowest BCUT2D eigenvalue weighted by Gasteiger charge is -2.26. The Bertz CT molecular complexity index is 912. The molecule has 1 fully saturated rings. The minimum Gasteiger partial charge on any atom is -0.507 e. The maximum Gasteiger partial charge on any atom is 0.379 e. The van der Waals surface area contributed by atoms with Crippen LogP contribution in [0.3, 0.4) is 0 Å². The highest BCUT2D eigenvalue weighted by atomic mass is 16.6. The van der Waals surface area contributed by atoms with Gasteiger partial charge in [-0.1, -0.05) is 90.4 Å². The second-order valence-electron chi connectivity index (χ2n) is 9.91. The molecule has 2 aromatic rings. The van der Waals surface area contributed by atoms with Crippen LogP contribution in [-0.2, 0) is 20.4 Å². The van der Waals surface area contributed by atoms with Gasteiger partial charge in [0.25, 0.3) is 0 Å². The fraction of sp³-hybridized carbons (Fsp3) is 0.423. The third-order valence-corrected chi connectivity index (χ3v) is 5.21. The summed E-state index contributed by atoms with van der Waals surface area (Å²) in [6.07, 6.45) is 0. The summed E-state index contributed by atoms with van der Waals surface area (Å²) in [5.41, 5.74) is 5.88. The van der Waals surface area contributed by atoms with Crippen LogP contribution in [0.15, 0.2) is 48.7 Å². The molecule has 0 aromatic heterocycles. The Balaban J connectivity index is 0.000000521. The SMILES string of the molecule is C=C1OC1=O.Cc1cc(C(C)c2cccc(C(C)(C)C)c2)c(O)c(C(C)(C)C)c1. The summed E-state index contributed by atoms with van der Waals surface area (Å²) in [6.45, 7) is 20.6. The number of phenolic OH excluding ortho intramolecular Hbond substituents is 1. The largest absolute Gasteiger partial charge is 0.507 e. The first kappa shape index (κ1) is 22.7. The van der Waals surface area contributed by atoms with Gasteiger partial charge in [-0.3, -0.25) is 0 Å².